The minimum Gasteiger partial charge on any atom is -0.368 e. The molecule has 0 radical (unpaired) electrons. The van der Waals surface area contributed by atoms with Crippen molar-refractivity contribution in [2.24, 2.45) is 5.73 Å². The van der Waals surface area contributed by atoms with E-state index in [0.717, 1.165) is 6.42 Å². The van der Waals surface area contributed by atoms with E-state index >= 15 is 0 Å². The van der Waals surface area contributed by atoms with Crippen molar-refractivity contribution in [2.75, 3.05) is 6.54 Å². The van der Waals surface area contributed by atoms with Gasteiger partial charge in [-0.25, -0.2) is 4.39 Å². The number of nitrogens with one attached hydrogen (secondary N) is 1. The van der Waals surface area contributed by atoms with Gasteiger partial charge in [0.2, 0.25) is 5.91 Å². The van der Waals surface area contributed by atoms with Crippen LogP contribution in [0.5, 0.6) is 0 Å². The van der Waals surface area contributed by atoms with Crippen LogP contribution in [-0.4, -0.2) is 24.0 Å². The van der Waals surface area contributed by atoms with Gasteiger partial charge in [0, 0.05) is 0 Å². The van der Waals surface area contributed by atoms with Gasteiger partial charge in [0.25, 0.3) is 5.91 Å². The average Bonchev–Trinajstić information content (AvgIpc) is 1.95. The zero-order valence-electron chi connectivity index (χ0n) is 6.60. The summed E-state index contributed by atoms with van der Waals surface area (Å²) in [5.74, 6) is -1.38. The molecule has 0 unspecified atom stereocenters. The Morgan fingerprint density at radius 1 is 1.50 bits per heavy atom. The minimum atomic E-state index is -1.74. The van der Waals surface area contributed by atoms with Gasteiger partial charge in [-0.2, -0.15) is 0 Å². The molecule has 68 valence electrons. The molecular weight excluding hydrogens is 163 g/mol. The van der Waals surface area contributed by atoms with Gasteiger partial charge in [0.1, 0.15) is 0 Å². The van der Waals surface area contributed by atoms with E-state index in [1.165, 1.54) is 0 Å². The maximum absolute atomic E-state index is 13.2. The Labute approximate surface area is 69.3 Å². The monoisotopic (exact) mass is 174 g/mol. The molecule has 0 aromatic heterocycles. The summed E-state index contributed by atoms with van der Waals surface area (Å²) in [7, 11) is 0. The van der Waals surface area contributed by atoms with Gasteiger partial charge in [-0.15, -0.1) is 0 Å². The van der Waals surface area contributed by atoms with E-state index in [9.17, 15) is 14.0 Å². The molecule has 0 heterocycles. The van der Waals surface area contributed by atoms with Gasteiger partial charge >= 0.3 is 0 Å². The number of rotatable bonds is 3. The van der Waals surface area contributed by atoms with Gasteiger partial charge in [-0.1, -0.05) is 0 Å². The Bertz CT molecular complexity index is 213. The highest BCUT2D eigenvalue weighted by Crippen LogP contribution is 2.35. The standard InChI is InChI=1S/C7H11FN2O2/c8-7(2-1-3-7)6(12)10-4-5(9)11/h1-4H2,(H2,9,11)(H,10,12). The highest BCUT2D eigenvalue weighted by Gasteiger charge is 2.44. The third kappa shape index (κ3) is 1.72. The molecule has 3 N–H and O–H groups in total. The molecule has 5 heteroatoms. The maximum atomic E-state index is 13.2. The molecule has 12 heavy (non-hydrogen) atoms. The number of amides is 2. The molecule has 0 saturated heterocycles. The minimum absolute atomic E-state index is 0.248. The highest BCUT2D eigenvalue weighted by molar-refractivity contribution is 5.89. The van der Waals surface area contributed by atoms with Crippen LogP contribution in [0.15, 0.2) is 0 Å². The number of hydrogen-bond donors (Lipinski definition) is 2. The SMILES string of the molecule is NC(=O)CNC(=O)C1(F)CCC1. The van der Waals surface area contributed by atoms with E-state index < -0.39 is 17.5 Å². The summed E-state index contributed by atoms with van der Waals surface area (Å²) in [6, 6.07) is 0. The molecule has 1 aliphatic rings. The van der Waals surface area contributed by atoms with Crippen LogP contribution in [0.3, 0.4) is 0 Å². The lowest BCUT2D eigenvalue weighted by Crippen LogP contribution is -2.50. The van der Waals surface area contributed by atoms with Crippen molar-refractivity contribution < 1.29 is 14.0 Å². The molecule has 0 bridgehead atoms. The number of carbonyl (C=O) groups is 2. The first kappa shape index (κ1) is 8.96. The molecule has 0 atom stereocenters. The summed E-state index contributed by atoms with van der Waals surface area (Å²) in [5.41, 5.74) is 3.03. The Morgan fingerprint density at radius 2 is 2.08 bits per heavy atom. The second-order valence-corrected chi connectivity index (χ2v) is 2.97. The predicted octanol–water partition coefficient (Wildman–Crippen LogP) is -0.520. The van der Waals surface area contributed by atoms with E-state index in [4.69, 9.17) is 5.73 Å². The number of hydrogen-bond acceptors (Lipinski definition) is 2. The predicted molar refractivity (Wildman–Crippen MR) is 39.9 cm³/mol. The van der Waals surface area contributed by atoms with E-state index in [0.29, 0.717) is 0 Å². The fourth-order valence-corrected chi connectivity index (χ4v) is 1.04. The van der Waals surface area contributed by atoms with Gasteiger partial charge in [0.15, 0.2) is 5.67 Å². The first-order valence-corrected chi connectivity index (χ1v) is 3.80. The average molecular weight is 174 g/mol. The number of carbonyl (C=O) groups excluding carboxylic acids is 2. The molecule has 1 aliphatic carbocycles. The smallest absolute Gasteiger partial charge is 0.258 e. The van der Waals surface area contributed by atoms with Crippen molar-refractivity contribution >= 4 is 11.8 Å². The zero-order chi connectivity index (χ0) is 9.19. The summed E-state index contributed by atoms with van der Waals surface area (Å²) >= 11 is 0. The topological polar surface area (TPSA) is 72.2 Å². The van der Waals surface area contributed by atoms with E-state index in [1.54, 1.807) is 0 Å². The summed E-state index contributed by atoms with van der Waals surface area (Å²) in [6.07, 6.45) is 1.22. The molecule has 0 aliphatic heterocycles. The van der Waals surface area contributed by atoms with Crippen LogP contribution in [0.2, 0.25) is 0 Å². The first-order valence-electron chi connectivity index (χ1n) is 3.80. The Morgan fingerprint density at radius 3 is 2.42 bits per heavy atom. The molecule has 0 spiro atoms. The van der Waals surface area contributed by atoms with Crippen LogP contribution in [-0.2, 0) is 9.59 Å². The number of halogens is 1. The van der Waals surface area contributed by atoms with Crippen LogP contribution in [0.25, 0.3) is 0 Å². The quantitative estimate of drug-likeness (QED) is 0.604. The second-order valence-electron chi connectivity index (χ2n) is 2.97. The number of alkyl halides is 1. The highest BCUT2D eigenvalue weighted by atomic mass is 19.1. The van der Waals surface area contributed by atoms with Gasteiger partial charge in [-0.3, -0.25) is 9.59 Å². The molecule has 4 nitrogen and oxygen atoms in total. The lowest BCUT2D eigenvalue weighted by molar-refractivity contribution is -0.139. The Kier molecular flexibility index (Phi) is 2.30. The van der Waals surface area contributed by atoms with Crippen molar-refractivity contribution in [3.8, 4) is 0 Å². The van der Waals surface area contributed by atoms with E-state index in [1.807, 2.05) is 0 Å². The number of primary amides is 1. The second kappa shape index (κ2) is 3.08. The summed E-state index contributed by atoms with van der Waals surface area (Å²) in [6.45, 7) is -0.287. The summed E-state index contributed by atoms with van der Waals surface area (Å²) in [5, 5.41) is 2.14. The lowest BCUT2D eigenvalue weighted by Gasteiger charge is -2.31. The van der Waals surface area contributed by atoms with Crippen molar-refractivity contribution in [3.05, 3.63) is 0 Å². The Balaban J connectivity index is 2.33. The largest absolute Gasteiger partial charge is 0.368 e. The van der Waals surface area contributed by atoms with Crippen LogP contribution >= 0.6 is 0 Å². The summed E-state index contributed by atoms with van der Waals surface area (Å²) < 4.78 is 13.2. The van der Waals surface area contributed by atoms with Crippen molar-refractivity contribution in [1.82, 2.24) is 5.32 Å². The molecule has 2 amide bonds. The van der Waals surface area contributed by atoms with Gasteiger partial charge in [-0.05, 0) is 19.3 Å². The van der Waals surface area contributed by atoms with Crippen molar-refractivity contribution in [2.45, 2.75) is 24.9 Å². The van der Waals surface area contributed by atoms with E-state index in [2.05, 4.69) is 5.32 Å². The molecule has 0 aromatic carbocycles. The fraction of sp³-hybridized carbons (Fsp3) is 0.714. The lowest BCUT2D eigenvalue weighted by atomic mass is 9.81. The zero-order valence-corrected chi connectivity index (χ0v) is 6.60. The molecular formula is C7H11FN2O2. The fourth-order valence-electron chi connectivity index (χ4n) is 1.04. The van der Waals surface area contributed by atoms with Crippen LogP contribution in [0.4, 0.5) is 4.39 Å². The van der Waals surface area contributed by atoms with Crippen LogP contribution < -0.4 is 11.1 Å². The molecule has 0 aromatic rings. The van der Waals surface area contributed by atoms with Gasteiger partial charge < -0.3 is 11.1 Å². The van der Waals surface area contributed by atoms with Crippen LogP contribution in [0.1, 0.15) is 19.3 Å². The molecule has 1 saturated carbocycles. The Hall–Kier alpha value is -1.13. The third-order valence-electron chi connectivity index (χ3n) is 1.98. The number of nitrogens with two attached hydrogens (primary N) is 1. The molecule has 1 fully saturated rings. The van der Waals surface area contributed by atoms with Crippen molar-refractivity contribution in [1.29, 1.82) is 0 Å². The maximum Gasteiger partial charge on any atom is 0.258 e. The third-order valence-corrected chi connectivity index (χ3v) is 1.98. The van der Waals surface area contributed by atoms with Gasteiger partial charge in [0.05, 0.1) is 6.54 Å². The first-order chi connectivity index (χ1) is 5.54. The normalized spacial score (nSPS) is 19.4. The van der Waals surface area contributed by atoms with Crippen molar-refractivity contribution in [3.63, 3.8) is 0 Å². The molecule has 1 rings (SSSR count). The van der Waals surface area contributed by atoms with E-state index in [-0.39, 0.29) is 19.4 Å². The van der Waals surface area contributed by atoms with Crippen LogP contribution in [0, 0.1) is 0 Å². The summed E-state index contributed by atoms with van der Waals surface area (Å²) in [4.78, 5) is 21.2.